The maximum Gasteiger partial charge on any atom is 0.307 e. The van der Waals surface area contributed by atoms with Crippen molar-refractivity contribution in [2.24, 2.45) is 11.8 Å². The van der Waals surface area contributed by atoms with E-state index in [4.69, 9.17) is 28.3 Å². The molecule has 0 unspecified atom stereocenters. The van der Waals surface area contributed by atoms with Gasteiger partial charge in [-0.05, 0) is 24.6 Å². The summed E-state index contributed by atoms with van der Waals surface area (Å²) >= 11 is 11.9. The van der Waals surface area contributed by atoms with Crippen LogP contribution in [0.25, 0.3) is 0 Å². The smallest absolute Gasteiger partial charge is 0.307 e. The lowest BCUT2D eigenvalue weighted by atomic mass is 10.2. The first-order valence-corrected chi connectivity index (χ1v) is 7.94. The number of carboxylic acid groups (broad SMARTS) is 1. The summed E-state index contributed by atoms with van der Waals surface area (Å²) < 4.78 is 0. The van der Waals surface area contributed by atoms with Crippen molar-refractivity contribution in [3.8, 4) is 0 Å². The molecule has 1 saturated heterocycles. The van der Waals surface area contributed by atoms with E-state index in [2.05, 4.69) is 4.90 Å². The number of amides is 1. The van der Waals surface area contributed by atoms with Crippen molar-refractivity contribution < 1.29 is 14.7 Å². The Morgan fingerprint density at radius 3 is 2.27 bits per heavy atom. The van der Waals surface area contributed by atoms with Crippen molar-refractivity contribution in [2.45, 2.75) is 6.42 Å². The van der Waals surface area contributed by atoms with Gasteiger partial charge in [-0.3, -0.25) is 9.59 Å². The summed E-state index contributed by atoms with van der Waals surface area (Å²) in [6.07, 6.45) is 0.473. The zero-order valence-corrected chi connectivity index (χ0v) is 13.3. The molecular weight excluding hydrogens is 327 g/mol. The third-order valence-electron chi connectivity index (χ3n) is 4.28. The molecule has 1 heterocycles. The van der Waals surface area contributed by atoms with Crippen LogP contribution >= 0.6 is 23.2 Å². The fourth-order valence-corrected chi connectivity index (χ4v) is 3.13. The maximum absolute atomic E-state index is 12.2. The molecule has 0 radical (unpaired) electrons. The largest absolute Gasteiger partial charge is 0.481 e. The van der Waals surface area contributed by atoms with Gasteiger partial charge in [-0.2, -0.15) is 0 Å². The van der Waals surface area contributed by atoms with Crippen molar-refractivity contribution >= 4 is 40.8 Å². The van der Waals surface area contributed by atoms with E-state index in [1.807, 2.05) is 12.1 Å². The Hall–Kier alpha value is -1.46. The molecule has 1 amide bonds. The van der Waals surface area contributed by atoms with Gasteiger partial charge in [0.25, 0.3) is 0 Å². The Balaban J connectivity index is 1.57. The van der Waals surface area contributed by atoms with Gasteiger partial charge in [0.15, 0.2) is 0 Å². The summed E-state index contributed by atoms with van der Waals surface area (Å²) in [5.41, 5.74) is 0.983. The molecule has 2 atom stereocenters. The Labute approximate surface area is 138 Å². The first kappa shape index (κ1) is 15.4. The Kier molecular flexibility index (Phi) is 4.19. The number of benzene rings is 1. The van der Waals surface area contributed by atoms with Crippen LogP contribution < -0.4 is 4.90 Å². The molecule has 1 aliphatic carbocycles. The highest BCUT2D eigenvalue weighted by molar-refractivity contribution is 6.42. The molecule has 0 aromatic heterocycles. The molecule has 1 aromatic rings. The monoisotopic (exact) mass is 342 g/mol. The van der Waals surface area contributed by atoms with E-state index < -0.39 is 11.9 Å². The highest BCUT2D eigenvalue weighted by Gasteiger charge is 2.50. The van der Waals surface area contributed by atoms with E-state index >= 15 is 0 Å². The quantitative estimate of drug-likeness (QED) is 0.915. The summed E-state index contributed by atoms with van der Waals surface area (Å²) in [7, 11) is 0. The zero-order chi connectivity index (χ0) is 15.9. The van der Waals surface area contributed by atoms with Gasteiger partial charge in [-0.15, -0.1) is 0 Å². The van der Waals surface area contributed by atoms with Crippen LogP contribution in [0.1, 0.15) is 6.42 Å². The number of rotatable bonds is 3. The lowest BCUT2D eigenvalue weighted by Gasteiger charge is -2.36. The van der Waals surface area contributed by atoms with Gasteiger partial charge < -0.3 is 14.9 Å². The lowest BCUT2D eigenvalue weighted by Crippen LogP contribution is -2.49. The van der Waals surface area contributed by atoms with Crippen molar-refractivity contribution in [3.05, 3.63) is 28.2 Å². The number of hydrogen-bond donors (Lipinski definition) is 1. The predicted molar refractivity (Wildman–Crippen MR) is 84.5 cm³/mol. The molecule has 1 saturated carbocycles. The number of aliphatic carboxylic acids is 1. The number of hydrogen-bond acceptors (Lipinski definition) is 3. The van der Waals surface area contributed by atoms with Crippen molar-refractivity contribution in [1.29, 1.82) is 0 Å². The van der Waals surface area contributed by atoms with Gasteiger partial charge >= 0.3 is 5.97 Å². The van der Waals surface area contributed by atoms with E-state index in [1.54, 1.807) is 11.0 Å². The summed E-state index contributed by atoms with van der Waals surface area (Å²) in [5, 5.41) is 9.94. The van der Waals surface area contributed by atoms with Gasteiger partial charge in [0.1, 0.15) is 0 Å². The maximum atomic E-state index is 12.2. The molecule has 2 aliphatic rings. The number of carbonyl (C=O) groups is 2. The normalized spacial score (nSPS) is 24.3. The number of anilines is 1. The minimum atomic E-state index is -0.868. The third kappa shape index (κ3) is 3.01. The lowest BCUT2D eigenvalue weighted by molar-refractivity contribution is -0.142. The van der Waals surface area contributed by atoms with Crippen LogP contribution in [-0.4, -0.2) is 48.1 Å². The standard InChI is InChI=1S/C15H16Cl2N2O3/c16-12-2-1-9(7-13(12)17)18-3-5-19(6-4-18)14(20)10-8-11(10)15(21)22/h1-2,7,10-11H,3-6,8H2,(H,21,22)/t10-,11+/m1/s1. The van der Waals surface area contributed by atoms with Crippen molar-refractivity contribution in [3.63, 3.8) is 0 Å². The predicted octanol–water partition coefficient (Wildman–Crippen LogP) is 2.36. The molecule has 5 nitrogen and oxygen atoms in total. The van der Waals surface area contributed by atoms with Gasteiger partial charge in [-0.1, -0.05) is 23.2 Å². The Morgan fingerprint density at radius 2 is 1.73 bits per heavy atom. The second-order valence-corrected chi connectivity index (χ2v) is 6.51. The molecular formula is C15H16Cl2N2O3. The minimum absolute atomic E-state index is 0.0267. The molecule has 3 rings (SSSR count). The summed E-state index contributed by atoms with van der Waals surface area (Å²) in [6.45, 7) is 2.60. The van der Waals surface area contributed by atoms with Crippen LogP contribution in [0.15, 0.2) is 18.2 Å². The summed E-state index contributed by atoms with van der Waals surface area (Å²) in [4.78, 5) is 27.0. The van der Waals surface area contributed by atoms with Crippen molar-refractivity contribution in [1.82, 2.24) is 4.90 Å². The van der Waals surface area contributed by atoms with E-state index in [0.29, 0.717) is 42.6 Å². The first-order chi connectivity index (χ1) is 10.5. The number of piperazine rings is 1. The fraction of sp³-hybridized carbons (Fsp3) is 0.467. The molecule has 0 spiro atoms. The molecule has 1 aliphatic heterocycles. The zero-order valence-electron chi connectivity index (χ0n) is 11.8. The minimum Gasteiger partial charge on any atom is -0.481 e. The van der Waals surface area contributed by atoms with Crippen molar-refractivity contribution in [2.75, 3.05) is 31.1 Å². The highest BCUT2D eigenvalue weighted by Crippen LogP contribution is 2.40. The average Bonchev–Trinajstić information content (AvgIpc) is 3.30. The first-order valence-electron chi connectivity index (χ1n) is 7.19. The van der Waals surface area contributed by atoms with E-state index in [0.717, 1.165) is 5.69 Å². The topological polar surface area (TPSA) is 60.9 Å². The highest BCUT2D eigenvalue weighted by atomic mass is 35.5. The molecule has 118 valence electrons. The molecule has 0 bridgehead atoms. The van der Waals surface area contributed by atoms with Gasteiger partial charge in [0, 0.05) is 31.9 Å². The number of halogens is 2. The molecule has 7 heteroatoms. The van der Waals surface area contributed by atoms with Crippen LogP contribution in [0.4, 0.5) is 5.69 Å². The molecule has 1 aromatic carbocycles. The third-order valence-corrected chi connectivity index (χ3v) is 5.02. The molecule has 1 N–H and O–H groups in total. The molecule has 2 fully saturated rings. The summed E-state index contributed by atoms with van der Waals surface area (Å²) in [5.74, 6) is -1.70. The van der Waals surface area contributed by atoms with Crippen LogP contribution in [0.5, 0.6) is 0 Å². The number of carbonyl (C=O) groups excluding carboxylic acids is 1. The second-order valence-electron chi connectivity index (χ2n) is 5.70. The van der Waals surface area contributed by atoms with Gasteiger partial charge in [0.2, 0.25) is 5.91 Å². The average molecular weight is 343 g/mol. The summed E-state index contributed by atoms with van der Waals surface area (Å²) in [6, 6.07) is 5.49. The van der Waals surface area contributed by atoms with Gasteiger partial charge in [0.05, 0.1) is 21.9 Å². The molecule has 22 heavy (non-hydrogen) atoms. The Bertz CT molecular complexity index is 615. The van der Waals surface area contributed by atoms with Crippen LogP contribution in [0.3, 0.4) is 0 Å². The SMILES string of the molecule is O=C(O)[C@H]1C[C@H]1C(=O)N1CCN(c2ccc(Cl)c(Cl)c2)CC1. The fourth-order valence-electron chi connectivity index (χ4n) is 2.84. The van der Waals surface area contributed by atoms with Gasteiger partial charge in [-0.25, -0.2) is 0 Å². The van der Waals surface area contributed by atoms with E-state index in [-0.39, 0.29) is 11.8 Å². The second kappa shape index (κ2) is 5.97. The number of carboxylic acids is 1. The van der Waals surface area contributed by atoms with Crippen LogP contribution in [-0.2, 0) is 9.59 Å². The van der Waals surface area contributed by atoms with E-state index in [9.17, 15) is 9.59 Å². The van der Waals surface area contributed by atoms with E-state index in [1.165, 1.54) is 0 Å². The van der Waals surface area contributed by atoms with Crippen LogP contribution in [0.2, 0.25) is 10.0 Å². The van der Waals surface area contributed by atoms with Crippen LogP contribution in [0, 0.1) is 11.8 Å². The Morgan fingerprint density at radius 1 is 1.05 bits per heavy atom. The number of nitrogens with zero attached hydrogens (tertiary/aromatic N) is 2.